The van der Waals surface area contributed by atoms with Crippen LogP contribution in [0.15, 0.2) is 53.4 Å². The molecule has 2 aromatic rings. The number of ketones is 1. The molecule has 2 aromatic carbocycles. The predicted octanol–water partition coefficient (Wildman–Crippen LogP) is 3.63. The molecule has 1 aliphatic carbocycles. The molecule has 0 aromatic heterocycles. The van der Waals surface area contributed by atoms with Gasteiger partial charge in [0.15, 0.2) is 15.6 Å². The molecular weight excluding hydrogens is 402 g/mol. The molecule has 0 saturated carbocycles. The fraction of sp³-hybridized carbons (Fsp3) is 0.304. The summed E-state index contributed by atoms with van der Waals surface area (Å²) in [5, 5.41) is 1.20. The van der Waals surface area contributed by atoms with Crippen LogP contribution < -0.4 is 4.74 Å². The zero-order valence-electron chi connectivity index (χ0n) is 17.1. The van der Waals surface area contributed by atoms with Crippen molar-refractivity contribution >= 4 is 21.5 Å². The number of amides is 1. The number of ether oxygens (including phenoxy) is 1. The second kappa shape index (κ2) is 7.09. The van der Waals surface area contributed by atoms with Crippen LogP contribution in [0.3, 0.4) is 0 Å². The topological polar surface area (TPSA) is 80.8 Å². The smallest absolute Gasteiger partial charge is 0.258 e. The number of benzene rings is 2. The lowest BCUT2D eigenvalue weighted by Crippen LogP contribution is -2.44. The van der Waals surface area contributed by atoms with Gasteiger partial charge >= 0.3 is 0 Å². The van der Waals surface area contributed by atoms with E-state index in [1.807, 2.05) is 32.0 Å². The minimum Gasteiger partial charge on any atom is -0.457 e. The number of likely N-dealkylation sites (tertiary alicyclic amines) is 1. The average Bonchev–Trinajstić information content (AvgIpc) is 2.85. The summed E-state index contributed by atoms with van der Waals surface area (Å²) >= 11 is 0. The maximum Gasteiger partial charge on any atom is 0.258 e. The second-order valence-corrected chi connectivity index (χ2v) is 10.5. The molecule has 0 spiro atoms. The fourth-order valence-corrected chi connectivity index (χ4v) is 4.66. The molecule has 1 aliphatic heterocycles. The van der Waals surface area contributed by atoms with E-state index in [0.29, 0.717) is 34.6 Å². The molecule has 0 unspecified atom stereocenters. The Labute approximate surface area is 176 Å². The Morgan fingerprint density at radius 3 is 2.43 bits per heavy atom. The first-order valence-corrected chi connectivity index (χ1v) is 11.6. The van der Waals surface area contributed by atoms with Crippen LogP contribution in [0.4, 0.5) is 0 Å². The molecule has 1 fully saturated rings. The number of fused-ring (bicyclic) bond motifs is 1. The number of rotatable bonds is 4. The number of sulfone groups is 1. The van der Waals surface area contributed by atoms with E-state index >= 15 is 0 Å². The Hall–Kier alpha value is -2.93. The summed E-state index contributed by atoms with van der Waals surface area (Å²) in [6.45, 7) is 4.28. The van der Waals surface area contributed by atoms with Crippen molar-refractivity contribution in [2.45, 2.75) is 20.3 Å². The Bertz CT molecular complexity index is 1170. The zero-order chi connectivity index (χ0) is 21.7. The van der Waals surface area contributed by atoms with Crippen molar-refractivity contribution in [3.63, 3.8) is 0 Å². The van der Waals surface area contributed by atoms with E-state index in [1.54, 1.807) is 29.2 Å². The maximum atomic E-state index is 13.2. The van der Waals surface area contributed by atoms with Gasteiger partial charge in [0.25, 0.3) is 5.91 Å². The number of carbonyl (C=O) groups excluding carboxylic acids is 2. The van der Waals surface area contributed by atoms with Crippen LogP contribution in [0, 0.1) is 5.41 Å². The minimum absolute atomic E-state index is 0.0130. The summed E-state index contributed by atoms with van der Waals surface area (Å²) < 4.78 is 28.9. The van der Waals surface area contributed by atoms with Crippen LogP contribution in [-0.4, -0.2) is 44.4 Å². The maximum absolute atomic E-state index is 13.2. The van der Waals surface area contributed by atoms with Crippen LogP contribution in [-0.2, 0) is 16.3 Å². The van der Waals surface area contributed by atoms with Gasteiger partial charge in [-0.25, -0.2) is 8.42 Å². The number of Topliss-reactive ketones (excluding diaryl/α,β-unsaturated/α-hetero) is 1. The molecule has 0 bridgehead atoms. The van der Waals surface area contributed by atoms with E-state index in [1.165, 1.54) is 5.41 Å². The monoisotopic (exact) mass is 425 g/mol. The van der Waals surface area contributed by atoms with Gasteiger partial charge in [-0.05, 0) is 41.8 Å². The van der Waals surface area contributed by atoms with Crippen molar-refractivity contribution in [2.75, 3.05) is 19.3 Å². The van der Waals surface area contributed by atoms with E-state index in [9.17, 15) is 18.0 Å². The lowest BCUT2D eigenvalue weighted by atomic mass is 9.89. The summed E-state index contributed by atoms with van der Waals surface area (Å²) in [7, 11) is -3.24. The van der Waals surface area contributed by atoms with E-state index in [2.05, 4.69) is 0 Å². The van der Waals surface area contributed by atoms with Crippen LogP contribution in [0.25, 0.3) is 0 Å². The summed E-state index contributed by atoms with van der Waals surface area (Å²) in [4.78, 5) is 27.5. The summed E-state index contributed by atoms with van der Waals surface area (Å²) in [6, 6.07) is 12.6. The lowest BCUT2D eigenvalue weighted by molar-refractivity contribution is 0.0725. The highest BCUT2D eigenvalue weighted by molar-refractivity contribution is 7.93. The zero-order valence-corrected chi connectivity index (χ0v) is 18.0. The molecule has 1 amide bonds. The standard InChI is InChI=1S/C23H23NO5S/c1-23(2)11-16-9-20(29-17-7-5-4-6-8-17)19(10-18(16)21(23)25)22(26)24-12-15(13-24)14-30(3,27)28/h4-10,14H,11-13H2,1-3H3. The van der Waals surface area contributed by atoms with Crippen molar-refractivity contribution in [3.05, 3.63) is 70.1 Å². The lowest BCUT2D eigenvalue weighted by Gasteiger charge is -2.34. The Morgan fingerprint density at radius 1 is 1.13 bits per heavy atom. The number of nitrogens with zero attached hydrogens (tertiary/aromatic N) is 1. The third-order valence-electron chi connectivity index (χ3n) is 5.35. The van der Waals surface area contributed by atoms with Gasteiger partial charge in [-0.15, -0.1) is 0 Å². The van der Waals surface area contributed by atoms with Gasteiger partial charge in [-0.2, -0.15) is 0 Å². The van der Waals surface area contributed by atoms with Crippen molar-refractivity contribution in [3.8, 4) is 11.5 Å². The highest BCUT2D eigenvalue weighted by Gasteiger charge is 2.39. The third kappa shape index (κ3) is 3.89. The first kappa shape index (κ1) is 20.3. The van der Waals surface area contributed by atoms with Crippen molar-refractivity contribution < 1.29 is 22.7 Å². The SMILES string of the molecule is CC1(C)Cc2cc(Oc3ccccc3)c(C(=O)N3CC(=CS(C)(=O)=O)C3)cc2C1=O. The third-order valence-corrected chi connectivity index (χ3v) is 6.12. The molecule has 7 heteroatoms. The van der Waals surface area contributed by atoms with Crippen molar-refractivity contribution in [1.82, 2.24) is 4.90 Å². The van der Waals surface area contributed by atoms with Crippen LogP contribution in [0.1, 0.15) is 40.1 Å². The van der Waals surface area contributed by atoms with Crippen LogP contribution >= 0.6 is 0 Å². The molecule has 2 aliphatic rings. The van der Waals surface area contributed by atoms with Gasteiger partial charge in [0, 0.05) is 35.7 Å². The van der Waals surface area contributed by atoms with Gasteiger partial charge in [-0.1, -0.05) is 32.0 Å². The molecule has 4 rings (SSSR count). The first-order chi connectivity index (χ1) is 14.0. The Balaban J connectivity index is 1.69. The number of carbonyl (C=O) groups is 2. The molecule has 0 N–H and O–H groups in total. The summed E-state index contributed by atoms with van der Waals surface area (Å²) in [5.41, 5.74) is 1.89. The van der Waals surface area contributed by atoms with Crippen molar-refractivity contribution in [1.29, 1.82) is 0 Å². The van der Waals surface area contributed by atoms with Crippen LogP contribution in [0.5, 0.6) is 11.5 Å². The number of para-hydroxylation sites is 1. The fourth-order valence-electron chi connectivity index (χ4n) is 3.90. The summed E-state index contributed by atoms with van der Waals surface area (Å²) in [5.74, 6) is 0.721. The largest absolute Gasteiger partial charge is 0.457 e. The van der Waals surface area contributed by atoms with Gasteiger partial charge in [0.2, 0.25) is 0 Å². The van der Waals surface area contributed by atoms with Crippen molar-refractivity contribution in [2.24, 2.45) is 5.41 Å². The van der Waals surface area contributed by atoms with Gasteiger partial charge in [-0.3, -0.25) is 9.59 Å². The highest BCUT2D eigenvalue weighted by Crippen LogP contribution is 2.40. The van der Waals surface area contributed by atoms with E-state index in [0.717, 1.165) is 11.8 Å². The quantitative estimate of drug-likeness (QED) is 0.747. The molecule has 0 radical (unpaired) electrons. The predicted molar refractivity (Wildman–Crippen MR) is 114 cm³/mol. The van der Waals surface area contributed by atoms with Crippen LogP contribution in [0.2, 0.25) is 0 Å². The molecule has 1 heterocycles. The normalized spacial score (nSPS) is 17.4. The highest BCUT2D eigenvalue weighted by atomic mass is 32.2. The van der Waals surface area contributed by atoms with E-state index in [-0.39, 0.29) is 24.8 Å². The number of hydrogen-bond donors (Lipinski definition) is 0. The second-order valence-electron chi connectivity index (χ2n) is 8.58. The molecule has 156 valence electrons. The Kier molecular flexibility index (Phi) is 4.81. The molecule has 0 atom stereocenters. The van der Waals surface area contributed by atoms with E-state index in [4.69, 9.17) is 4.74 Å². The minimum atomic E-state index is -3.24. The van der Waals surface area contributed by atoms with E-state index < -0.39 is 15.3 Å². The van der Waals surface area contributed by atoms with Gasteiger partial charge < -0.3 is 9.64 Å². The van der Waals surface area contributed by atoms with Gasteiger partial charge in [0.05, 0.1) is 5.56 Å². The first-order valence-electron chi connectivity index (χ1n) is 9.67. The average molecular weight is 426 g/mol. The molecule has 1 saturated heterocycles. The van der Waals surface area contributed by atoms with Gasteiger partial charge in [0.1, 0.15) is 11.5 Å². The number of hydrogen-bond acceptors (Lipinski definition) is 5. The summed E-state index contributed by atoms with van der Waals surface area (Å²) in [6.07, 6.45) is 1.72. The molecule has 6 nitrogen and oxygen atoms in total. The molecule has 30 heavy (non-hydrogen) atoms. The Morgan fingerprint density at radius 2 is 1.80 bits per heavy atom. The molecular formula is C23H23NO5S.